The van der Waals surface area contributed by atoms with Crippen LogP contribution >= 0.6 is 0 Å². The summed E-state index contributed by atoms with van der Waals surface area (Å²) in [6.45, 7) is 19.3. The van der Waals surface area contributed by atoms with Gasteiger partial charge in [0.05, 0.1) is 12.4 Å². The van der Waals surface area contributed by atoms with Gasteiger partial charge in [0.1, 0.15) is 12.2 Å². The Balaban J connectivity index is 1.73. The van der Waals surface area contributed by atoms with E-state index in [2.05, 4.69) is 63.1 Å². The third-order valence-electron chi connectivity index (χ3n) is 8.24. The molecule has 1 aliphatic heterocycles. The van der Waals surface area contributed by atoms with Gasteiger partial charge in [0, 0.05) is 0 Å². The van der Waals surface area contributed by atoms with Crippen LogP contribution in [0.2, 0.25) is 16.6 Å². The molecule has 0 unspecified atom stereocenters. The van der Waals surface area contributed by atoms with Crippen molar-refractivity contribution in [3.8, 4) is 6.01 Å². The van der Waals surface area contributed by atoms with Crippen LogP contribution in [-0.4, -0.2) is 56.9 Å². The van der Waals surface area contributed by atoms with Crippen molar-refractivity contribution >= 4 is 25.3 Å². The molecule has 0 amide bonds. The Morgan fingerprint density at radius 3 is 2.33 bits per heavy atom. The van der Waals surface area contributed by atoms with Gasteiger partial charge < -0.3 is 24.7 Å². The van der Waals surface area contributed by atoms with Crippen molar-refractivity contribution in [2.45, 2.75) is 121 Å². The molecule has 2 aliphatic rings. The van der Waals surface area contributed by atoms with Gasteiger partial charge in [-0.2, -0.15) is 9.97 Å². The summed E-state index contributed by atoms with van der Waals surface area (Å²) >= 11 is 0. The van der Waals surface area contributed by atoms with Crippen LogP contribution in [0.1, 0.15) is 80.4 Å². The molecule has 2 aromatic heterocycles. The largest absolute Gasteiger partial charge is 0.460 e. The molecular weight excluding hydrogens is 474 g/mol. The highest BCUT2D eigenvalue weighted by molar-refractivity contribution is 6.77. The van der Waals surface area contributed by atoms with Crippen molar-refractivity contribution in [2.75, 3.05) is 5.73 Å². The average Bonchev–Trinajstić information content (AvgIpc) is 3.51. The fraction of sp³-hybridized carbons (Fsp3) is 0.731. The van der Waals surface area contributed by atoms with Crippen molar-refractivity contribution in [1.82, 2.24) is 19.5 Å². The second-order valence-corrected chi connectivity index (χ2v) is 16.8. The Morgan fingerprint density at radius 1 is 1.17 bits per heavy atom. The summed E-state index contributed by atoms with van der Waals surface area (Å²) in [7, 11) is -2.32. The summed E-state index contributed by atoms with van der Waals surface area (Å²) in [5, 5.41) is 12.1. The van der Waals surface area contributed by atoms with Crippen molar-refractivity contribution in [3.05, 3.63) is 19.0 Å². The van der Waals surface area contributed by atoms with Gasteiger partial charge in [-0.15, -0.1) is 0 Å². The highest BCUT2D eigenvalue weighted by Gasteiger charge is 2.59. The highest BCUT2D eigenvalue weighted by atomic mass is 28.4. The molecule has 1 saturated carbocycles. The number of anilines is 1. The van der Waals surface area contributed by atoms with Crippen molar-refractivity contribution in [3.63, 3.8) is 0 Å². The van der Waals surface area contributed by atoms with Crippen LogP contribution in [0, 0.1) is 0 Å². The number of aliphatic hydroxyl groups is 1. The number of aromatic nitrogens is 4. The first-order valence-electron chi connectivity index (χ1n) is 13.3. The van der Waals surface area contributed by atoms with Crippen LogP contribution in [0.25, 0.3) is 11.2 Å². The number of nitrogens with two attached hydrogens (primary N) is 1. The van der Waals surface area contributed by atoms with Crippen LogP contribution in [0.3, 0.4) is 0 Å². The molecule has 2 fully saturated rings. The van der Waals surface area contributed by atoms with Crippen LogP contribution in [0.5, 0.6) is 6.01 Å². The number of hydrogen-bond donors (Lipinski definition) is 2. The maximum atomic E-state index is 12.1. The molecule has 0 aromatic carbocycles. The molecule has 2 aromatic rings. The van der Waals surface area contributed by atoms with Crippen molar-refractivity contribution in [2.24, 2.45) is 0 Å². The van der Waals surface area contributed by atoms with E-state index >= 15 is 0 Å². The van der Waals surface area contributed by atoms with E-state index in [0.29, 0.717) is 27.8 Å². The molecule has 0 spiro atoms. The summed E-state index contributed by atoms with van der Waals surface area (Å²) in [6, 6.07) is 0.223. The Kier molecular flexibility index (Phi) is 7.54. The Labute approximate surface area is 215 Å². The van der Waals surface area contributed by atoms with E-state index in [1.165, 1.54) is 6.08 Å². The minimum atomic E-state index is -2.32. The topological polar surface area (TPSA) is 118 Å². The van der Waals surface area contributed by atoms with Gasteiger partial charge in [0.15, 0.2) is 28.8 Å². The van der Waals surface area contributed by atoms with Crippen LogP contribution < -0.4 is 10.5 Å². The second kappa shape index (κ2) is 10.0. The number of imidazole rings is 1. The summed E-state index contributed by atoms with van der Waals surface area (Å²) < 4.78 is 21.2. The molecule has 4 rings (SSSR count). The van der Waals surface area contributed by atoms with E-state index in [9.17, 15) is 5.11 Å². The summed E-state index contributed by atoms with van der Waals surface area (Å²) in [6.07, 6.45) is 5.62. The standard InChI is InChI=1S/C26H43N5O4Si/c1-9-26(32)21(35-36(15(2)3,16(4)5)17(6)7)18(8)33-24(26)31-14-28-20-22(27)29-25(30-23(20)31)34-19-12-10-11-13-19/h9,14-19,21,24,32H,1,10-13H2,2-8H3,(H2,27,29,30)/t18-,21-,24-,26+/m1/s1. The van der Waals surface area contributed by atoms with Gasteiger partial charge >= 0.3 is 6.01 Å². The maximum Gasteiger partial charge on any atom is 0.320 e. The first-order valence-corrected chi connectivity index (χ1v) is 15.5. The van der Waals surface area contributed by atoms with E-state index < -0.39 is 26.3 Å². The van der Waals surface area contributed by atoms with E-state index in [-0.39, 0.29) is 24.0 Å². The minimum absolute atomic E-state index is 0.0880. The first-order chi connectivity index (χ1) is 17.0. The second-order valence-electron chi connectivity index (χ2n) is 11.4. The molecule has 0 bridgehead atoms. The molecule has 1 saturated heterocycles. The van der Waals surface area contributed by atoms with E-state index in [1.807, 2.05) is 6.92 Å². The summed E-state index contributed by atoms with van der Waals surface area (Å²) in [5.41, 5.74) is 6.69. The average molecular weight is 518 g/mol. The minimum Gasteiger partial charge on any atom is -0.460 e. The smallest absolute Gasteiger partial charge is 0.320 e. The fourth-order valence-corrected chi connectivity index (χ4v) is 12.2. The number of ether oxygens (including phenoxy) is 2. The van der Waals surface area contributed by atoms with Gasteiger partial charge in [0.2, 0.25) is 8.32 Å². The van der Waals surface area contributed by atoms with Gasteiger partial charge in [-0.3, -0.25) is 4.57 Å². The third-order valence-corrected chi connectivity index (χ3v) is 14.3. The lowest BCUT2D eigenvalue weighted by molar-refractivity contribution is -0.0721. The van der Waals surface area contributed by atoms with Crippen LogP contribution in [-0.2, 0) is 9.16 Å². The number of fused-ring (bicyclic) bond motifs is 1. The van der Waals surface area contributed by atoms with E-state index in [0.717, 1.165) is 25.7 Å². The summed E-state index contributed by atoms with van der Waals surface area (Å²) in [5.74, 6) is 0.235. The molecule has 10 heteroatoms. The fourth-order valence-electron chi connectivity index (χ4n) is 6.52. The molecule has 0 radical (unpaired) electrons. The highest BCUT2D eigenvalue weighted by Crippen LogP contribution is 2.49. The monoisotopic (exact) mass is 517 g/mol. The van der Waals surface area contributed by atoms with E-state index in [1.54, 1.807) is 10.9 Å². The zero-order valence-corrected chi connectivity index (χ0v) is 23.8. The molecule has 3 heterocycles. The Hall–Kier alpha value is -2.01. The number of nitrogens with zero attached hydrogens (tertiary/aromatic N) is 4. The molecule has 9 nitrogen and oxygen atoms in total. The van der Waals surface area contributed by atoms with Gasteiger partial charge in [0.25, 0.3) is 0 Å². The van der Waals surface area contributed by atoms with Crippen molar-refractivity contribution < 1.29 is 19.0 Å². The zero-order chi connectivity index (χ0) is 26.4. The van der Waals surface area contributed by atoms with Gasteiger partial charge in [-0.05, 0) is 49.2 Å². The number of hydrogen-bond acceptors (Lipinski definition) is 8. The molecular formula is C26H43N5O4Si. The quantitative estimate of drug-likeness (QED) is 0.347. The lowest BCUT2D eigenvalue weighted by Gasteiger charge is -2.46. The van der Waals surface area contributed by atoms with Crippen molar-refractivity contribution in [1.29, 1.82) is 0 Å². The SMILES string of the molecule is C=C[C@]1(O)[C@H](O[Si](C(C)C)(C(C)C)C(C)C)[C@@H](C)O[C@H]1n1cnc2c(N)nc(OC3CCCC3)nc21. The normalized spacial score (nSPS) is 27.7. The molecule has 36 heavy (non-hydrogen) atoms. The zero-order valence-electron chi connectivity index (χ0n) is 22.8. The Bertz CT molecular complexity index is 1060. The van der Waals surface area contributed by atoms with Gasteiger partial charge in [-0.25, -0.2) is 4.98 Å². The predicted octanol–water partition coefficient (Wildman–Crippen LogP) is 5.13. The lowest BCUT2D eigenvalue weighted by atomic mass is 9.94. The molecule has 4 atom stereocenters. The number of rotatable bonds is 9. The lowest BCUT2D eigenvalue weighted by Crippen LogP contribution is -2.56. The predicted molar refractivity (Wildman–Crippen MR) is 143 cm³/mol. The van der Waals surface area contributed by atoms with Crippen LogP contribution in [0.15, 0.2) is 19.0 Å². The number of nitrogen functional groups attached to an aromatic ring is 1. The molecule has 1 aliphatic carbocycles. The third kappa shape index (κ3) is 4.35. The molecule has 3 N–H and O–H groups in total. The Morgan fingerprint density at radius 2 is 1.78 bits per heavy atom. The van der Waals surface area contributed by atoms with Gasteiger partial charge in [-0.1, -0.05) is 54.2 Å². The molecule has 200 valence electrons. The first kappa shape index (κ1) is 27.0. The van der Waals surface area contributed by atoms with E-state index in [4.69, 9.17) is 19.6 Å². The summed E-state index contributed by atoms with van der Waals surface area (Å²) in [4.78, 5) is 13.4. The van der Waals surface area contributed by atoms with Crippen LogP contribution in [0.4, 0.5) is 5.82 Å². The maximum absolute atomic E-state index is 12.1.